The molecule has 2 rings (SSSR count). The Morgan fingerprint density at radius 3 is 2.04 bits per heavy atom. The molecule has 25 heavy (non-hydrogen) atoms. The van der Waals surface area contributed by atoms with Crippen LogP contribution in [0.4, 0.5) is 0 Å². The van der Waals surface area contributed by atoms with Gasteiger partial charge in [-0.15, -0.1) is 0 Å². The van der Waals surface area contributed by atoms with Gasteiger partial charge in [-0.2, -0.15) is 10.5 Å². The van der Waals surface area contributed by atoms with E-state index in [0.29, 0.717) is 0 Å². The zero-order valence-electron chi connectivity index (χ0n) is 14.9. The molecule has 0 fully saturated rings. The smallest absolute Gasteiger partial charge is 0.181 e. The van der Waals surface area contributed by atoms with E-state index >= 15 is 0 Å². The molecule has 0 heterocycles. The van der Waals surface area contributed by atoms with E-state index in [0.717, 1.165) is 18.8 Å². The van der Waals surface area contributed by atoms with Crippen LogP contribution in [0.3, 0.4) is 0 Å². The minimum Gasteiger partial charge on any atom is -0.493 e. The van der Waals surface area contributed by atoms with Gasteiger partial charge in [0.25, 0.3) is 0 Å². The molecule has 2 aromatic rings. The fraction of sp³-hybridized carbons (Fsp3) is 0.364. The van der Waals surface area contributed by atoms with Crippen LogP contribution in [0.1, 0.15) is 45.4 Å². The van der Waals surface area contributed by atoms with Gasteiger partial charge in [0.2, 0.25) is 0 Å². The molecule has 2 aromatic carbocycles. The van der Waals surface area contributed by atoms with Crippen molar-refractivity contribution in [2.75, 3.05) is 6.61 Å². The topological polar surface area (TPSA) is 56.8 Å². The lowest BCUT2D eigenvalue weighted by atomic mass is 10.0. The molecular formula is C22H26N2O. The lowest BCUT2D eigenvalue weighted by molar-refractivity contribution is 0.305. The number of para-hydroxylation sites is 1. The van der Waals surface area contributed by atoms with E-state index in [9.17, 15) is 0 Å². The highest BCUT2D eigenvalue weighted by Crippen LogP contribution is 2.29. The van der Waals surface area contributed by atoms with Crippen molar-refractivity contribution in [2.24, 2.45) is 0 Å². The average molecular weight is 334 g/mol. The molecule has 0 atom stereocenters. The second-order valence-electron chi connectivity index (χ2n) is 5.70. The molecule has 0 saturated heterocycles. The van der Waals surface area contributed by atoms with Gasteiger partial charge >= 0.3 is 0 Å². The monoisotopic (exact) mass is 334 g/mol. The number of nitriles is 2. The van der Waals surface area contributed by atoms with Crippen molar-refractivity contribution < 1.29 is 4.74 Å². The van der Waals surface area contributed by atoms with Crippen molar-refractivity contribution in [3.05, 3.63) is 54.6 Å². The van der Waals surface area contributed by atoms with Crippen molar-refractivity contribution >= 4 is 0 Å². The Bertz CT molecular complexity index is 656. The maximum atomic E-state index is 7.26. The Hall–Kier alpha value is -2.78. The zero-order valence-corrected chi connectivity index (χ0v) is 14.9. The molecule has 0 unspecified atom stereocenters. The first kappa shape index (κ1) is 20.3. The molecule has 0 saturated carbocycles. The third-order valence-corrected chi connectivity index (χ3v) is 3.78. The van der Waals surface area contributed by atoms with Gasteiger partial charge in [0.1, 0.15) is 5.75 Å². The van der Waals surface area contributed by atoms with E-state index in [2.05, 4.69) is 49.4 Å². The Balaban J connectivity index is 0.000000705. The van der Waals surface area contributed by atoms with Gasteiger partial charge in [0.05, 0.1) is 6.61 Å². The number of hydrogen-bond acceptors (Lipinski definition) is 3. The maximum Gasteiger partial charge on any atom is 0.181 e. The number of rotatable bonds is 9. The van der Waals surface area contributed by atoms with Crippen LogP contribution in [0.2, 0.25) is 0 Å². The quantitative estimate of drug-likeness (QED) is 0.518. The van der Waals surface area contributed by atoms with Crippen LogP contribution in [-0.2, 0) is 0 Å². The third kappa shape index (κ3) is 8.58. The van der Waals surface area contributed by atoms with Crippen LogP contribution in [0, 0.1) is 22.7 Å². The lowest BCUT2D eigenvalue weighted by Crippen LogP contribution is -1.98. The SMILES string of the molecule is CCCCCCCCOc1ccccc1-c1ccccc1.N#CC#N. The number of hydrogen-bond donors (Lipinski definition) is 0. The average Bonchev–Trinajstić information content (AvgIpc) is 2.68. The highest BCUT2D eigenvalue weighted by molar-refractivity contribution is 5.70. The molecule has 130 valence electrons. The van der Waals surface area contributed by atoms with Gasteiger partial charge in [-0.05, 0) is 18.1 Å². The predicted molar refractivity (Wildman–Crippen MR) is 102 cm³/mol. The summed E-state index contributed by atoms with van der Waals surface area (Å²) in [4.78, 5) is 0. The molecule has 3 heteroatoms. The summed E-state index contributed by atoms with van der Waals surface area (Å²) in [6.07, 6.45) is 7.77. The Labute approximate surface area is 151 Å². The molecule has 3 nitrogen and oxygen atoms in total. The van der Waals surface area contributed by atoms with E-state index < -0.39 is 0 Å². The number of ether oxygens (including phenoxy) is 1. The second-order valence-corrected chi connectivity index (χ2v) is 5.70. The number of unbranched alkanes of at least 4 members (excludes halogenated alkanes) is 5. The summed E-state index contributed by atoms with van der Waals surface area (Å²) in [5.74, 6) is 0.997. The first-order chi connectivity index (χ1) is 12.3. The Morgan fingerprint density at radius 1 is 0.760 bits per heavy atom. The van der Waals surface area contributed by atoms with Gasteiger partial charge < -0.3 is 4.74 Å². The summed E-state index contributed by atoms with van der Waals surface area (Å²) in [5, 5.41) is 14.5. The standard InChI is InChI=1S/C20H26O.C2N2/c1-2-3-4-5-6-12-17-21-20-16-11-10-15-19(20)18-13-8-7-9-14-18;3-1-2-4/h7-11,13-16H,2-6,12,17H2,1H3;. The van der Waals surface area contributed by atoms with E-state index in [1.54, 1.807) is 0 Å². The highest BCUT2D eigenvalue weighted by Gasteiger charge is 2.04. The van der Waals surface area contributed by atoms with Crippen LogP contribution < -0.4 is 4.74 Å². The zero-order chi connectivity index (χ0) is 18.2. The molecule has 0 aliphatic heterocycles. The van der Waals surface area contributed by atoms with Crippen molar-refractivity contribution in [3.8, 4) is 29.0 Å². The Kier molecular flexibility index (Phi) is 11.1. The molecule has 0 amide bonds. The summed E-state index contributed by atoms with van der Waals surface area (Å²) in [7, 11) is 0. The van der Waals surface area contributed by atoms with Gasteiger partial charge in [0.15, 0.2) is 12.1 Å². The summed E-state index contributed by atoms with van der Waals surface area (Å²) in [6, 6.07) is 21.2. The molecule has 0 aliphatic carbocycles. The third-order valence-electron chi connectivity index (χ3n) is 3.78. The first-order valence-corrected chi connectivity index (χ1v) is 8.89. The van der Waals surface area contributed by atoms with Crippen LogP contribution >= 0.6 is 0 Å². The minimum atomic E-state index is 0.815. The highest BCUT2D eigenvalue weighted by atomic mass is 16.5. The molecule has 0 spiro atoms. The van der Waals surface area contributed by atoms with Crippen molar-refractivity contribution in [2.45, 2.75) is 45.4 Å². The fourth-order valence-electron chi connectivity index (χ4n) is 2.51. The van der Waals surface area contributed by atoms with Crippen LogP contribution in [-0.4, -0.2) is 6.61 Å². The van der Waals surface area contributed by atoms with Crippen LogP contribution in [0.25, 0.3) is 11.1 Å². The van der Waals surface area contributed by atoms with Gasteiger partial charge in [-0.3, -0.25) is 0 Å². The predicted octanol–water partition coefficient (Wildman–Crippen LogP) is 6.13. The molecular weight excluding hydrogens is 308 g/mol. The van der Waals surface area contributed by atoms with E-state index in [-0.39, 0.29) is 0 Å². The summed E-state index contributed by atoms with van der Waals surface area (Å²) >= 11 is 0. The van der Waals surface area contributed by atoms with E-state index in [4.69, 9.17) is 15.3 Å². The van der Waals surface area contributed by atoms with Crippen molar-refractivity contribution in [3.63, 3.8) is 0 Å². The van der Waals surface area contributed by atoms with Gasteiger partial charge in [0, 0.05) is 5.56 Å². The number of benzene rings is 2. The van der Waals surface area contributed by atoms with E-state index in [1.807, 2.05) is 12.1 Å². The largest absolute Gasteiger partial charge is 0.493 e. The van der Waals surface area contributed by atoms with Crippen molar-refractivity contribution in [1.29, 1.82) is 10.5 Å². The molecule has 0 bridgehead atoms. The molecule has 0 N–H and O–H groups in total. The minimum absolute atomic E-state index is 0.815. The number of nitrogens with zero attached hydrogens (tertiary/aromatic N) is 2. The van der Waals surface area contributed by atoms with Gasteiger partial charge in [-0.1, -0.05) is 87.6 Å². The van der Waals surface area contributed by atoms with Gasteiger partial charge in [-0.25, -0.2) is 0 Å². The fourth-order valence-corrected chi connectivity index (χ4v) is 2.51. The Morgan fingerprint density at radius 2 is 1.36 bits per heavy atom. The van der Waals surface area contributed by atoms with Crippen LogP contribution in [0.5, 0.6) is 5.75 Å². The summed E-state index contributed by atoms with van der Waals surface area (Å²) < 4.78 is 6.00. The maximum absolute atomic E-state index is 7.26. The summed E-state index contributed by atoms with van der Waals surface area (Å²) in [5.41, 5.74) is 2.40. The normalized spacial score (nSPS) is 9.24. The van der Waals surface area contributed by atoms with E-state index in [1.165, 1.54) is 55.4 Å². The lowest BCUT2D eigenvalue weighted by Gasteiger charge is -2.11. The summed E-state index contributed by atoms with van der Waals surface area (Å²) in [6.45, 7) is 3.07. The van der Waals surface area contributed by atoms with Crippen molar-refractivity contribution in [1.82, 2.24) is 0 Å². The molecule has 0 radical (unpaired) electrons. The second kappa shape index (κ2) is 13.6. The molecule has 0 aromatic heterocycles. The molecule has 0 aliphatic rings. The van der Waals surface area contributed by atoms with Crippen LogP contribution in [0.15, 0.2) is 54.6 Å². The first-order valence-electron chi connectivity index (χ1n) is 8.89.